The van der Waals surface area contributed by atoms with E-state index in [1.807, 2.05) is 60.0 Å². The van der Waals surface area contributed by atoms with Gasteiger partial charge in [0.2, 0.25) is 0 Å². The molecule has 1 N–H and O–H groups in total. The molecule has 2 aromatic heterocycles. The molecule has 0 atom stereocenters. The first-order valence-electron chi connectivity index (χ1n) is 10.8. The molecule has 0 unspecified atom stereocenters. The van der Waals surface area contributed by atoms with Crippen LogP contribution in [-0.2, 0) is 17.8 Å². The third kappa shape index (κ3) is 4.05. The van der Waals surface area contributed by atoms with Crippen molar-refractivity contribution in [2.45, 2.75) is 26.8 Å². The van der Waals surface area contributed by atoms with Crippen LogP contribution in [0.3, 0.4) is 0 Å². The summed E-state index contributed by atoms with van der Waals surface area (Å²) in [6, 6.07) is 21.4. The van der Waals surface area contributed by atoms with Crippen LogP contribution in [0.25, 0.3) is 33.1 Å². The highest BCUT2D eigenvalue weighted by atomic mass is 35.5. The predicted octanol–water partition coefficient (Wildman–Crippen LogP) is 5.49. The van der Waals surface area contributed by atoms with Gasteiger partial charge in [0.1, 0.15) is 12.1 Å². The topological polar surface area (TPSA) is 72.2 Å². The Kier molecular flexibility index (Phi) is 5.52. The van der Waals surface area contributed by atoms with Gasteiger partial charge >= 0.3 is 0 Å². The van der Waals surface area contributed by atoms with E-state index in [4.69, 9.17) is 21.6 Å². The fraction of sp³-hybridized carbons (Fsp3) is 0.154. The van der Waals surface area contributed by atoms with Crippen LogP contribution in [0.2, 0.25) is 5.02 Å². The standard InChI is InChI=1S/C26H22ClN5O/c1-3-17-8-10-18(11-9-17)16(2)30-31-24(33)15-32-23-13-12-19(27)14-20(23)25-26(32)29-22-7-5-4-6-21(22)28-25/h4-14H,3,15H2,1-2H3,(H,31,33)/b30-16+. The highest BCUT2D eigenvalue weighted by Crippen LogP contribution is 2.30. The Hall–Kier alpha value is -3.77. The van der Waals surface area contributed by atoms with E-state index in [1.165, 1.54) is 5.56 Å². The fourth-order valence-electron chi connectivity index (χ4n) is 3.94. The lowest BCUT2D eigenvalue weighted by molar-refractivity contribution is -0.121. The summed E-state index contributed by atoms with van der Waals surface area (Å²) in [5, 5.41) is 5.77. The lowest BCUT2D eigenvalue weighted by atomic mass is 10.1. The van der Waals surface area contributed by atoms with Gasteiger partial charge < -0.3 is 4.57 Å². The van der Waals surface area contributed by atoms with Gasteiger partial charge in [-0.25, -0.2) is 15.4 Å². The van der Waals surface area contributed by atoms with Gasteiger partial charge in [0, 0.05) is 10.4 Å². The number of halogens is 1. The molecule has 0 saturated heterocycles. The summed E-state index contributed by atoms with van der Waals surface area (Å²) in [6.45, 7) is 4.05. The van der Waals surface area contributed by atoms with Crippen LogP contribution in [0, 0.1) is 0 Å². The zero-order chi connectivity index (χ0) is 22.9. The normalized spacial score (nSPS) is 12.0. The lowest BCUT2D eigenvalue weighted by Crippen LogP contribution is -2.24. The predicted molar refractivity (Wildman–Crippen MR) is 134 cm³/mol. The molecule has 3 aromatic carbocycles. The molecule has 0 aliphatic carbocycles. The van der Waals surface area contributed by atoms with Crippen molar-refractivity contribution in [1.29, 1.82) is 0 Å². The maximum Gasteiger partial charge on any atom is 0.260 e. The summed E-state index contributed by atoms with van der Waals surface area (Å²) >= 11 is 6.26. The largest absolute Gasteiger partial charge is 0.314 e. The van der Waals surface area contributed by atoms with Crippen molar-refractivity contribution in [2.75, 3.05) is 0 Å². The van der Waals surface area contributed by atoms with Crippen molar-refractivity contribution >= 4 is 56.3 Å². The molecule has 0 radical (unpaired) electrons. The van der Waals surface area contributed by atoms with Gasteiger partial charge in [-0.3, -0.25) is 4.79 Å². The van der Waals surface area contributed by atoms with Gasteiger partial charge in [0.25, 0.3) is 5.91 Å². The molecule has 0 bridgehead atoms. The minimum absolute atomic E-state index is 0.0558. The van der Waals surface area contributed by atoms with Crippen molar-refractivity contribution in [2.24, 2.45) is 5.10 Å². The number of benzene rings is 3. The van der Waals surface area contributed by atoms with Crippen LogP contribution in [0.15, 0.2) is 71.8 Å². The summed E-state index contributed by atoms with van der Waals surface area (Å²) < 4.78 is 1.86. The summed E-state index contributed by atoms with van der Waals surface area (Å²) in [5.74, 6) is -0.247. The van der Waals surface area contributed by atoms with Crippen LogP contribution in [0.4, 0.5) is 0 Å². The van der Waals surface area contributed by atoms with Gasteiger partial charge in [-0.1, -0.05) is 54.9 Å². The smallest absolute Gasteiger partial charge is 0.260 e. The summed E-state index contributed by atoms with van der Waals surface area (Å²) in [6.07, 6.45) is 0.982. The first-order chi connectivity index (χ1) is 16.0. The van der Waals surface area contributed by atoms with Gasteiger partial charge in [-0.05, 0) is 54.8 Å². The van der Waals surface area contributed by atoms with Crippen molar-refractivity contribution in [3.63, 3.8) is 0 Å². The monoisotopic (exact) mass is 455 g/mol. The van der Waals surface area contributed by atoms with Crippen LogP contribution in [-0.4, -0.2) is 26.2 Å². The van der Waals surface area contributed by atoms with Crippen LogP contribution in [0.5, 0.6) is 0 Å². The molecule has 0 spiro atoms. The molecule has 0 saturated carbocycles. The Bertz CT molecular complexity index is 1540. The summed E-state index contributed by atoms with van der Waals surface area (Å²) in [5.41, 5.74) is 9.41. The lowest BCUT2D eigenvalue weighted by Gasteiger charge is -2.07. The molecule has 0 aliphatic heterocycles. The number of aromatic nitrogens is 3. The minimum Gasteiger partial charge on any atom is -0.314 e. The zero-order valence-electron chi connectivity index (χ0n) is 18.3. The number of rotatable bonds is 5. The number of amides is 1. The number of hydrogen-bond acceptors (Lipinski definition) is 4. The average molecular weight is 456 g/mol. The number of nitrogens with one attached hydrogen (secondary N) is 1. The number of hydrogen-bond donors (Lipinski definition) is 1. The Labute approximate surface area is 195 Å². The van der Waals surface area contributed by atoms with Crippen molar-refractivity contribution < 1.29 is 4.79 Å². The third-order valence-electron chi connectivity index (χ3n) is 5.74. The Morgan fingerprint density at radius 1 is 1.03 bits per heavy atom. The van der Waals surface area contributed by atoms with E-state index in [0.29, 0.717) is 10.7 Å². The molecule has 5 rings (SSSR count). The SMILES string of the molecule is CCc1ccc(/C(C)=N/NC(=O)Cn2c3ccc(Cl)cc3c3nc4ccccc4nc32)cc1. The molecule has 5 aromatic rings. The van der Waals surface area contributed by atoms with Gasteiger partial charge in [-0.2, -0.15) is 5.10 Å². The maximum absolute atomic E-state index is 12.9. The molecule has 6 nitrogen and oxygen atoms in total. The van der Waals surface area contributed by atoms with Crippen LogP contribution < -0.4 is 5.43 Å². The molecule has 0 aliphatic rings. The van der Waals surface area contributed by atoms with E-state index in [2.05, 4.69) is 29.6 Å². The maximum atomic E-state index is 12.9. The molecular weight excluding hydrogens is 434 g/mol. The second-order valence-electron chi connectivity index (χ2n) is 7.91. The van der Waals surface area contributed by atoms with Gasteiger partial charge in [0.05, 0.1) is 22.3 Å². The van der Waals surface area contributed by atoms with E-state index in [1.54, 1.807) is 6.07 Å². The summed E-state index contributed by atoms with van der Waals surface area (Å²) in [4.78, 5) is 22.5. The molecule has 2 heterocycles. The molecule has 1 amide bonds. The summed E-state index contributed by atoms with van der Waals surface area (Å²) in [7, 11) is 0. The van der Waals surface area contributed by atoms with E-state index in [0.717, 1.165) is 45.1 Å². The quantitative estimate of drug-likeness (QED) is 0.281. The number of carbonyl (C=O) groups is 1. The van der Waals surface area contributed by atoms with Crippen LogP contribution in [0.1, 0.15) is 25.0 Å². The highest BCUT2D eigenvalue weighted by Gasteiger charge is 2.17. The molecule has 7 heteroatoms. The Balaban J connectivity index is 1.49. The number of fused-ring (bicyclic) bond motifs is 4. The number of hydrazone groups is 1. The zero-order valence-corrected chi connectivity index (χ0v) is 19.1. The van der Waals surface area contributed by atoms with Gasteiger partial charge in [-0.15, -0.1) is 0 Å². The second kappa shape index (κ2) is 8.64. The van der Waals surface area contributed by atoms with Gasteiger partial charge in [0.15, 0.2) is 5.65 Å². The Morgan fingerprint density at radius 3 is 2.48 bits per heavy atom. The molecule has 33 heavy (non-hydrogen) atoms. The molecule has 164 valence electrons. The first-order valence-corrected chi connectivity index (χ1v) is 11.2. The van der Waals surface area contributed by atoms with Crippen molar-refractivity contribution in [3.05, 3.63) is 82.9 Å². The Morgan fingerprint density at radius 2 is 1.76 bits per heavy atom. The van der Waals surface area contributed by atoms with Crippen molar-refractivity contribution in [1.82, 2.24) is 20.0 Å². The van der Waals surface area contributed by atoms with E-state index >= 15 is 0 Å². The molecular formula is C26H22ClN5O. The van der Waals surface area contributed by atoms with E-state index in [-0.39, 0.29) is 12.5 Å². The van der Waals surface area contributed by atoms with Crippen molar-refractivity contribution in [3.8, 4) is 0 Å². The van der Waals surface area contributed by atoms with E-state index < -0.39 is 0 Å². The van der Waals surface area contributed by atoms with Crippen LogP contribution >= 0.6 is 11.6 Å². The number of aryl methyl sites for hydroxylation is 1. The minimum atomic E-state index is -0.247. The third-order valence-corrected chi connectivity index (χ3v) is 5.98. The first kappa shape index (κ1) is 21.1. The number of para-hydroxylation sites is 2. The number of nitrogens with zero attached hydrogens (tertiary/aromatic N) is 4. The second-order valence-corrected chi connectivity index (χ2v) is 8.35. The molecule has 0 fully saturated rings. The highest BCUT2D eigenvalue weighted by molar-refractivity contribution is 6.31. The average Bonchev–Trinajstić information content (AvgIpc) is 3.12. The van der Waals surface area contributed by atoms with E-state index in [9.17, 15) is 4.79 Å². The number of carbonyl (C=O) groups excluding carboxylic acids is 1. The fourth-order valence-corrected chi connectivity index (χ4v) is 4.11.